The zero-order valence-corrected chi connectivity index (χ0v) is 14.7. The lowest BCUT2D eigenvalue weighted by Crippen LogP contribution is -2.14. The van der Waals surface area contributed by atoms with Crippen LogP contribution < -0.4 is 14.9 Å². The number of methoxy groups -OCH3 is 1. The molecule has 8 heteroatoms. The van der Waals surface area contributed by atoms with E-state index in [4.69, 9.17) is 9.94 Å². The first kappa shape index (κ1) is 19.2. The molecule has 0 fully saturated rings. The van der Waals surface area contributed by atoms with Gasteiger partial charge in [-0.15, -0.1) is 0 Å². The lowest BCUT2D eigenvalue weighted by atomic mass is 10.1. The maximum Gasteiger partial charge on any atom is 0.267 e. The van der Waals surface area contributed by atoms with E-state index in [1.165, 1.54) is 30.8 Å². The molecular formula is C18H18N2O5S. The van der Waals surface area contributed by atoms with E-state index in [1.807, 2.05) is 0 Å². The first-order valence-electron chi connectivity index (χ1n) is 7.51. The molecule has 0 heterocycles. The smallest absolute Gasteiger partial charge is 0.267 e. The molecule has 0 saturated heterocycles. The van der Waals surface area contributed by atoms with Crippen LogP contribution in [0.15, 0.2) is 71.7 Å². The summed E-state index contributed by atoms with van der Waals surface area (Å²) in [6.45, 7) is 0. The summed E-state index contributed by atoms with van der Waals surface area (Å²) in [6.07, 6.45) is 5.73. The van der Waals surface area contributed by atoms with Gasteiger partial charge in [0.15, 0.2) is 0 Å². The molecule has 7 nitrogen and oxygen atoms in total. The van der Waals surface area contributed by atoms with E-state index in [1.54, 1.807) is 48.6 Å². The number of nitrogens with one attached hydrogen (secondary N) is 2. The number of benzene rings is 2. The summed E-state index contributed by atoms with van der Waals surface area (Å²) < 4.78 is 32.6. The number of sulfonamides is 1. The molecule has 2 aromatic rings. The monoisotopic (exact) mass is 374 g/mol. The van der Waals surface area contributed by atoms with Crippen molar-refractivity contribution in [1.82, 2.24) is 5.48 Å². The Bertz CT molecular complexity index is 919. The number of hydroxylamine groups is 1. The molecule has 0 aromatic heterocycles. The van der Waals surface area contributed by atoms with Crippen LogP contribution in [0.2, 0.25) is 0 Å². The molecule has 0 aliphatic carbocycles. The molecule has 0 saturated carbocycles. The Morgan fingerprint density at radius 3 is 2.42 bits per heavy atom. The summed E-state index contributed by atoms with van der Waals surface area (Å²) in [7, 11) is -2.26. The highest BCUT2D eigenvalue weighted by molar-refractivity contribution is 7.92. The van der Waals surface area contributed by atoms with Crippen LogP contribution in [0.5, 0.6) is 5.75 Å². The number of allylic oxidation sites excluding steroid dienone is 2. The lowest BCUT2D eigenvalue weighted by Gasteiger charge is -2.11. The van der Waals surface area contributed by atoms with Gasteiger partial charge in [-0.05, 0) is 35.9 Å². The van der Waals surface area contributed by atoms with E-state index in [9.17, 15) is 13.2 Å². The Kier molecular flexibility index (Phi) is 6.54. The van der Waals surface area contributed by atoms with Crippen LogP contribution in [0.3, 0.4) is 0 Å². The number of anilines is 1. The van der Waals surface area contributed by atoms with Crippen LogP contribution in [0.1, 0.15) is 5.56 Å². The van der Waals surface area contributed by atoms with E-state index in [0.29, 0.717) is 17.0 Å². The second-order valence-electron chi connectivity index (χ2n) is 5.06. The van der Waals surface area contributed by atoms with Crippen LogP contribution in [-0.2, 0) is 14.8 Å². The summed E-state index contributed by atoms with van der Waals surface area (Å²) in [4.78, 5) is 11.0. The topological polar surface area (TPSA) is 105 Å². The Hall–Kier alpha value is -3.10. The van der Waals surface area contributed by atoms with Gasteiger partial charge in [-0.25, -0.2) is 13.9 Å². The molecule has 0 bridgehead atoms. The van der Waals surface area contributed by atoms with E-state index in [2.05, 4.69) is 4.72 Å². The molecule has 0 spiro atoms. The molecular weight excluding hydrogens is 356 g/mol. The van der Waals surface area contributed by atoms with E-state index in [-0.39, 0.29) is 4.90 Å². The molecule has 136 valence electrons. The van der Waals surface area contributed by atoms with Gasteiger partial charge in [0.05, 0.1) is 17.7 Å². The maximum atomic E-state index is 12.5. The molecule has 0 radical (unpaired) electrons. The summed E-state index contributed by atoms with van der Waals surface area (Å²) >= 11 is 0. The van der Waals surface area contributed by atoms with Gasteiger partial charge in [0.25, 0.3) is 15.9 Å². The molecule has 2 rings (SSSR count). The van der Waals surface area contributed by atoms with Crippen molar-refractivity contribution < 1.29 is 23.2 Å². The number of hydrogen-bond donors (Lipinski definition) is 3. The van der Waals surface area contributed by atoms with E-state index >= 15 is 0 Å². The second kappa shape index (κ2) is 8.84. The summed E-state index contributed by atoms with van der Waals surface area (Å²) in [6, 6.07) is 12.9. The fourth-order valence-electron chi connectivity index (χ4n) is 2.03. The highest BCUT2D eigenvalue weighted by Gasteiger charge is 2.15. The SMILES string of the molecule is COc1ccc(S(=O)(=O)Nc2ccccc2C=CC=CC(=O)NO)cc1. The first-order chi connectivity index (χ1) is 12.5. The predicted molar refractivity (Wildman–Crippen MR) is 98.3 cm³/mol. The zero-order chi connectivity index (χ0) is 19.0. The van der Waals surface area contributed by atoms with Gasteiger partial charge in [0.2, 0.25) is 0 Å². The minimum atomic E-state index is -3.76. The van der Waals surface area contributed by atoms with Crippen LogP contribution in [0, 0.1) is 0 Å². The fourth-order valence-corrected chi connectivity index (χ4v) is 3.12. The third-order valence-corrected chi connectivity index (χ3v) is 4.70. The Labute approximate surface area is 151 Å². The Balaban J connectivity index is 2.22. The molecule has 0 unspecified atom stereocenters. The third-order valence-electron chi connectivity index (χ3n) is 3.32. The third kappa shape index (κ3) is 5.20. The van der Waals surface area contributed by atoms with Crippen molar-refractivity contribution in [2.75, 3.05) is 11.8 Å². The molecule has 0 aliphatic rings. The van der Waals surface area contributed by atoms with Crippen molar-refractivity contribution >= 4 is 27.7 Å². The highest BCUT2D eigenvalue weighted by atomic mass is 32.2. The molecule has 1 amide bonds. The van der Waals surface area contributed by atoms with Gasteiger partial charge < -0.3 is 4.74 Å². The van der Waals surface area contributed by atoms with Crippen molar-refractivity contribution in [1.29, 1.82) is 0 Å². The van der Waals surface area contributed by atoms with Crippen LogP contribution >= 0.6 is 0 Å². The number of ether oxygens (including phenoxy) is 1. The summed E-state index contributed by atoms with van der Waals surface area (Å²) in [5, 5.41) is 8.40. The van der Waals surface area contributed by atoms with Gasteiger partial charge in [0.1, 0.15) is 5.75 Å². The first-order valence-corrected chi connectivity index (χ1v) is 8.99. The van der Waals surface area contributed by atoms with Gasteiger partial charge in [-0.1, -0.05) is 36.4 Å². The van der Waals surface area contributed by atoms with Gasteiger partial charge in [-0.3, -0.25) is 14.7 Å². The minimum absolute atomic E-state index is 0.108. The quantitative estimate of drug-likeness (QED) is 0.299. The molecule has 26 heavy (non-hydrogen) atoms. The minimum Gasteiger partial charge on any atom is -0.497 e. The van der Waals surface area contributed by atoms with Crippen molar-refractivity contribution in [2.24, 2.45) is 0 Å². The molecule has 0 atom stereocenters. The maximum absolute atomic E-state index is 12.5. The largest absolute Gasteiger partial charge is 0.497 e. The zero-order valence-electron chi connectivity index (χ0n) is 13.9. The molecule has 2 aromatic carbocycles. The fraction of sp³-hybridized carbons (Fsp3) is 0.0556. The molecule has 0 aliphatic heterocycles. The summed E-state index contributed by atoms with van der Waals surface area (Å²) in [5.74, 6) is -0.103. The van der Waals surface area contributed by atoms with Crippen LogP contribution in [-0.4, -0.2) is 26.6 Å². The number of rotatable bonds is 7. The number of hydrogen-bond acceptors (Lipinski definition) is 5. The number of carbonyl (C=O) groups is 1. The standard InChI is InChI=1S/C18H18N2O5S/c1-25-15-10-12-16(13-11-15)26(23,24)20-17-8-4-2-6-14(17)7-3-5-9-18(21)19-22/h2-13,20,22H,1H3,(H,19,21). The van der Waals surface area contributed by atoms with Crippen molar-refractivity contribution in [3.63, 3.8) is 0 Å². The second-order valence-corrected chi connectivity index (χ2v) is 6.74. The van der Waals surface area contributed by atoms with Gasteiger partial charge in [-0.2, -0.15) is 0 Å². The number of amides is 1. The van der Waals surface area contributed by atoms with Gasteiger partial charge >= 0.3 is 0 Å². The normalized spacial score (nSPS) is 11.6. The van der Waals surface area contributed by atoms with Crippen LogP contribution in [0.25, 0.3) is 6.08 Å². The highest BCUT2D eigenvalue weighted by Crippen LogP contribution is 2.22. The van der Waals surface area contributed by atoms with Gasteiger partial charge in [0, 0.05) is 6.08 Å². The predicted octanol–water partition coefficient (Wildman–Crippen LogP) is 2.57. The Morgan fingerprint density at radius 1 is 1.08 bits per heavy atom. The average Bonchev–Trinajstić information content (AvgIpc) is 2.66. The molecule has 3 N–H and O–H groups in total. The summed E-state index contributed by atoms with van der Waals surface area (Å²) in [5.41, 5.74) is 2.47. The lowest BCUT2D eigenvalue weighted by molar-refractivity contribution is -0.124. The van der Waals surface area contributed by atoms with Crippen LogP contribution in [0.4, 0.5) is 5.69 Å². The van der Waals surface area contributed by atoms with Crippen molar-refractivity contribution in [3.05, 3.63) is 72.3 Å². The average molecular weight is 374 g/mol. The Morgan fingerprint density at radius 2 is 1.77 bits per heavy atom. The number of carbonyl (C=O) groups excluding carboxylic acids is 1. The van der Waals surface area contributed by atoms with Crippen molar-refractivity contribution in [3.8, 4) is 5.75 Å². The van der Waals surface area contributed by atoms with E-state index < -0.39 is 15.9 Å². The van der Waals surface area contributed by atoms with E-state index in [0.717, 1.165) is 6.08 Å². The number of para-hydroxylation sites is 1. The van der Waals surface area contributed by atoms with Crippen molar-refractivity contribution in [2.45, 2.75) is 4.90 Å².